The minimum absolute atomic E-state index is 1.21. The fourth-order valence-electron chi connectivity index (χ4n) is 1.67. The molecule has 1 rings (SSSR count). The summed E-state index contributed by atoms with van der Waals surface area (Å²) >= 11 is 0. The first-order valence-electron chi connectivity index (χ1n) is 4.27. The van der Waals surface area contributed by atoms with Gasteiger partial charge in [-0.3, -0.25) is 0 Å². The van der Waals surface area contributed by atoms with Crippen molar-refractivity contribution in [1.29, 1.82) is 0 Å². The third kappa shape index (κ3) is 1.62. The Balaban J connectivity index is 2.97. The van der Waals surface area contributed by atoms with Crippen LogP contribution < -0.4 is 0 Å². The SMILES string of the molecule is C=CC1=C(C)C(=CC)CCC1. The van der Waals surface area contributed by atoms with E-state index < -0.39 is 0 Å². The van der Waals surface area contributed by atoms with Gasteiger partial charge in [-0.25, -0.2) is 0 Å². The van der Waals surface area contributed by atoms with Crippen LogP contribution in [0.3, 0.4) is 0 Å². The van der Waals surface area contributed by atoms with Gasteiger partial charge in [-0.05, 0) is 49.8 Å². The molecular weight excluding hydrogens is 132 g/mol. The van der Waals surface area contributed by atoms with Gasteiger partial charge in [-0.15, -0.1) is 0 Å². The summed E-state index contributed by atoms with van der Waals surface area (Å²) in [6.07, 6.45) is 7.97. The van der Waals surface area contributed by atoms with Crippen LogP contribution in [-0.2, 0) is 0 Å². The van der Waals surface area contributed by atoms with Crippen molar-refractivity contribution in [3.8, 4) is 0 Å². The maximum absolute atomic E-state index is 3.82. The summed E-state index contributed by atoms with van der Waals surface area (Å²) in [5, 5.41) is 0. The first kappa shape index (κ1) is 8.32. The highest BCUT2D eigenvalue weighted by Crippen LogP contribution is 2.29. The Bertz CT molecular complexity index is 216. The maximum Gasteiger partial charge on any atom is -0.0273 e. The Labute approximate surface area is 69.3 Å². The molecule has 1 aliphatic rings. The fourth-order valence-corrected chi connectivity index (χ4v) is 1.67. The molecule has 60 valence electrons. The molecule has 0 fully saturated rings. The molecule has 0 radical (unpaired) electrons. The van der Waals surface area contributed by atoms with Crippen molar-refractivity contribution >= 4 is 0 Å². The van der Waals surface area contributed by atoms with E-state index in [9.17, 15) is 0 Å². The van der Waals surface area contributed by atoms with Gasteiger partial charge in [0.1, 0.15) is 0 Å². The van der Waals surface area contributed by atoms with Gasteiger partial charge in [-0.1, -0.05) is 18.7 Å². The molecule has 11 heavy (non-hydrogen) atoms. The largest absolute Gasteiger partial charge is 0.0988 e. The Kier molecular flexibility index (Phi) is 2.70. The minimum atomic E-state index is 1.21. The highest BCUT2D eigenvalue weighted by atomic mass is 14.1. The van der Waals surface area contributed by atoms with Gasteiger partial charge in [0.2, 0.25) is 0 Å². The lowest BCUT2D eigenvalue weighted by Crippen LogP contribution is -1.98. The first-order valence-corrected chi connectivity index (χ1v) is 4.27. The highest BCUT2D eigenvalue weighted by Gasteiger charge is 2.09. The van der Waals surface area contributed by atoms with Crippen LogP contribution >= 0.6 is 0 Å². The normalized spacial score (nSPS) is 22.5. The van der Waals surface area contributed by atoms with E-state index >= 15 is 0 Å². The molecule has 0 bridgehead atoms. The molecule has 0 heteroatoms. The van der Waals surface area contributed by atoms with E-state index in [-0.39, 0.29) is 0 Å². The molecule has 0 heterocycles. The predicted octanol–water partition coefficient (Wildman–Crippen LogP) is 3.62. The van der Waals surface area contributed by atoms with Gasteiger partial charge < -0.3 is 0 Å². The van der Waals surface area contributed by atoms with Gasteiger partial charge in [0.15, 0.2) is 0 Å². The van der Waals surface area contributed by atoms with Gasteiger partial charge in [0.05, 0.1) is 0 Å². The predicted molar refractivity (Wildman–Crippen MR) is 50.5 cm³/mol. The Hall–Kier alpha value is -0.780. The summed E-state index contributed by atoms with van der Waals surface area (Å²) in [6.45, 7) is 8.13. The van der Waals surface area contributed by atoms with Crippen LogP contribution in [0.15, 0.2) is 35.5 Å². The monoisotopic (exact) mass is 148 g/mol. The summed E-state index contributed by atoms with van der Waals surface area (Å²) in [5.41, 5.74) is 4.39. The van der Waals surface area contributed by atoms with E-state index in [1.165, 1.54) is 36.0 Å². The van der Waals surface area contributed by atoms with E-state index in [1.54, 1.807) is 0 Å². The standard InChI is InChI=1S/C11H16/c1-4-10-7-6-8-11(5-2)9(10)3/h4-5H,1,6-8H2,2-3H3. The number of hydrogen-bond donors (Lipinski definition) is 0. The lowest BCUT2D eigenvalue weighted by molar-refractivity contribution is 0.776. The summed E-state index contributed by atoms with van der Waals surface area (Å²) in [7, 11) is 0. The summed E-state index contributed by atoms with van der Waals surface area (Å²) in [4.78, 5) is 0. The molecule has 0 aromatic heterocycles. The Morgan fingerprint density at radius 1 is 1.36 bits per heavy atom. The molecule has 0 N–H and O–H groups in total. The van der Waals surface area contributed by atoms with E-state index in [0.717, 1.165) is 0 Å². The van der Waals surface area contributed by atoms with E-state index in [0.29, 0.717) is 0 Å². The van der Waals surface area contributed by atoms with Crippen LogP contribution in [0.4, 0.5) is 0 Å². The maximum atomic E-state index is 3.82. The highest BCUT2D eigenvalue weighted by molar-refractivity contribution is 5.40. The van der Waals surface area contributed by atoms with Crippen molar-refractivity contribution in [2.75, 3.05) is 0 Å². The average Bonchev–Trinajstić information content (AvgIpc) is 2.05. The third-order valence-corrected chi connectivity index (χ3v) is 2.45. The Morgan fingerprint density at radius 3 is 2.64 bits per heavy atom. The molecule has 0 saturated carbocycles. The summed E-state index contributed by atoms with van der Waals surface area (Å²) in [6, 6.07) is 0. The average molecular weight is 148 g/mol. The number of hydrogen-bond acceptors (Lipinski definition) is 0. The molecular formula is C11H16. The second-order valence-corrected chi connectivity index (χ2v) is 3.02. The molecule has 0 aliphatic heterocycles. The zero-order valence-corrected chi connectivity index (χ0v) is 7.48. The number of rotatable bonds is 1. The molecule has 0 atom stereocenters. The van der Waals surface area contributed by atoms with Gasteiger partial charge in [-0.2, -0.15) is 0 Å². The van der Waals surface area contributed by atoms with Gasteiger partial charge in [0, 0.05) is 0 Å². The quantitative estimate of drug-likeness (QED) is 0.532. The molecule has 1 aliphatic carbocycles. The number of allylic oxidation sites excluding steroid dienone is 5. The summed E-state index contributed by atoms with van der Waals surface area (Å²) < 4.78 is 0. The van der Waals surface area contributed by atoms with Crippen LogP contribution in [-0.4, -0.2) is 0 Å². The van der Waals surface area contributed by atoms with E-state index in [1.807, 2.05) is 6.08 Å². The zero-order chi connectivity index (χ0) is 8.27. The van der Waals surface area contributed by atoms with Gasteiger partial charge >= 0.3 is 0 Å². The van der Waals surface area contributed by atoms with Crippen LogP contribution in [0.5, 0.6) is 0 Å². The van der Waals surface area contributed by atoms with Gasteiger partial charge in [0.25, 0.3) is 0 Å². The van der Waals surface area contributed by atoms with Crippen LogP contribution in [0.25, 0.3) is 0 Å². The molecule has 0 aromatic carbocycles. The molecule has 0 unspecified atom stereocenters. The molecule has 0 spiro atoms. The van der Waals surface area contributed by atoms with Crippen LogP contribution in [0, 0.1) is 0 Å². The van der Waals surface area contributed by atoms with Crippen molar-refractivity contribution in [2.24, 2.45) is 0 Å². The lowest BCUT2D eigenvalue weighted by Gasteiger charge is -2.17. The van der Waals surface area contributed by atoms with E-state index in [4.69, 9.17) is 0 Å². The Morgan fingerprint density at radius 2 is 2.09 bits per heavy atom. The lowest BCUT2D eigenvalue weighted by atomic mass is 9.88. The van der Waals surface area contributed by atoms with Crippen LogP contribution in [0.1, 0.15) is 33.1 Å². The van der Waals surface area contributed by atoms with Crippen LogP contribution in [0.2, 0.25) is 0 Å². The topological polar surface area (TPSA) is 0 Å². The van der Waals surface area contributed by atoms with Crippen molar-refractivity contribution < 1.29 is 0 Å². The molecule has 0 aromatic rings. The second-order valence-electron chi connectivity index (χ2n) is 3.02. The van der Waals surface area contributed by atoms with Crippen molar-refractivity contribution in [3.05, 3.63) is 35.5 Å². The smallest absolute Gasteiger partial charge is 0.0273 e. The molecule has 0 nitrogen and oxygen atoms in total. The first-order chi connectivity index (χ1) is 5.29. The summed E-state index contributed by atoms with van der Waals surface area (Å²) in [5.74, 6) is 0. The zero-order valence-electron chi connectivity index (χ0n) is 7.48. The fraction of sp³-hybridized carbons (Fsp3) is 0.455. The van der Waals surface area contributed by atoms with Crippen molar-refractivity contribution in [1.82, 2.24) is 0 Å². The molecule has 0 amide bonds. The second kappa shape index (κ2) is 3.56. The third-order valence-electron chi connectivity index (χ3n) is 2.45. The van der Waals surface area contributed by atoms with Crippen molar-refractivity contribution in [3.63, 3.8) is 0 Å². The van der Waals surface area contributed by atoms with Crippen molar-refractivity contribution in [2.45, 2.75) is 33.1 Å². The molecule has 0 saturated heterocycles. The van der Waals surface area contributed by atoms with E-state index in [2.05, 4.69) is 26.5 Å². The minimum Gasteiger partial charge on any atom is -0.0988 e.